The number of rotatable bonds is 7. The summed E-state index contributed by atoms with van der Waals surface area (Å²) in [6, 6.07) is 11.5. The van der Waals surface area contributed by atoms with Gasteiger partial charge in [0.15, 0.2) is 0 Å². The lowest BCUT2D eigenvalue weighted by atomic mass is 9.43. The summed E-state index contributed by atoms with van der Waals surface area (Å²) >= 11 is 1.60. The molecule has 0 N–H and O–H groups in total. The molecule has 4 aliphatic rings. The van der Waals surface area contributed by atoms with Crippen LogP contribution in [0.1, 0.15) is 66.6 Å². The van der Waals surface area contributed by atoms with E-state index < -0.39 is 7.12 Å². The number of thiophene rings is 1. The van der Waals surface area contributed by atoms with Crippen molar-refractivity contribution in [3.63, 3.8) is 0 Å². The molecule has 5 atom stereocenters. The number of carbonyl (C=O) groups excluding carboxylic acids is 2. The molecule has 6 heteroatoms. The molecule has 1 aliphatic heterocycles. The number of Topliss-reactive ketones (excluding diaryl/α,β-unsaturated/α-hetero) is 1. The van der Waals surface area contributed by atoms with Gasteiger partial charge in [-0.1, -0.05) is 38.1 Å². The van der Waals surface area contributed by atoms with Gasteiger partial charge in [-0.3, -0.25) is 9.59 Å². The van der Waals surface area contributed by atoms with Crippen molar-refractivity contribution in [1.82, 2.24) is 0 Å². The first-order valence-electron chi connectivity index (χ1n) is 11.2. The molecule has 31 heavy (non-hydrogen) atoms. The fourth-order valence-corrected chi connectivity index (χ4v) is 6.96. The number of carbonyl (C=O) groups is 2. The number of aldehydes is 1. The maximum absolute atomic E-state index is 13.0. The number of hydrogen-bond acceptors (Lipinski definition) is 5. The minimum Gasteiger partial charge on any atom is -0.405 e. The van der Waals surface area contributed by atoms with Gasteiger partial charge in [0, 0.05) is 29.1 Å². The van der Waals surface area contributed by atoms with Gasteiger partial charge in [-0.05, 0) is 60.1 Å². The summed E-state index contributed by atoms with van der Waals surface area (Å²) in [5.41, 5.74) is 1.49. The Morgan fingerprint density at radius 3 is 2.81 bits per heavy atom. The van der Waals surface area contributed by atoms with E-state index in [2.05, 4.69) is 20.8 Å². The maximum Gasteiger partial charge on any atom is 0.466 e. The van der Waals surface area contributed by atoms with Crippen molar-refractivity contribution in [2.24, 2.45) is 17.3 Å². The van der Waals surface area contributed by atoms with Crippen LogP contribution in [0.25, 0.3) is 0 Å². The van der Waals surface area contributed by atoms with E-state index in [1.807, 2.05) is 35.7 Å². The highest BCUT2D eigenvalue weighted by Crippen LogP contribution is 2.66. The largest absolute Gasteiger partial charge is 0.466 e. The van der Waals surface area contributed by atoms with Crippen LogP contribution >= 0.6 is 11.3 Å². The van der Waals surface area contributed by atoms with E-state index in [1.54, 1.807) is 17.4 Å². The number of ketones is 1. The van der Waals surface area contributed by atoms with Crippen molar-refractivity contribution >= 4 is 30.5 Å². The van der Waals surface area contributed by atoms with Crippen LogP contribution in [0, 0.1) is 17.3 Å². The Balaban J connectivity index is 1.42. The lowest BCUT2D eigenvalue weighted by Gasteiger charge is -2.64. The lowest BCUT2D eigenvalue weighted by Crippen LogP contribution is -2.65. The molecule has 0 spiro atoms. The van der Waals surface area contributed by atoms with Crippen LogP contribution in [0.4, 0.5) is 0 Å². The van der Waals surface area contributed by atoms with Crippen molar-refractivity contribution < 1.29 is 18.9 Å². The third kappa shape index (κ3) is 3.53. The Hall–Kier alpha value is -1.76. The topological polar surface area (TPSA) is 52.6 Å². The maximum atomic E-state index is 13.0. The summed E-state index contributed by atoms with van der Waals surface area (Å²) in [5, 5.41) is 2.00. The Morgan fingerprint density at radius 2 is 2.10 bits per heavy atom. The zero-order valence-electron chi connectivity index (χ0n) is 18.4. The summed E-state index contributed by atoms with van der Waals surface area (Å²) in [4.78, 5) is 25.5. The van der Waals surface area contributed by atoms with Crippen LogP contribution in [0.15, 0.2) is 41.8 Å². The molecule has 3 unspecified atom stereocenters. The van der Waals surface area contributed by atoms with E-state index in [0.717, 1.165) is 23.1 Å². The van der Waals surface area contributed by atoms with E-state index in [1.165, 1.54) is 6.42 Å². The van der Waals surface area contributed by atoms with Gasteiger partial charge in [-0.25, -0.2) is 0 Å². The van der Waals surface area contributed by atoms with Gasteiger partial charge in [0.2, 0.25) is 0 Å². The minimum atomic E-state index is -0.473. The second-order valence-corrected chi connectivity index (χ2v) is 11.3. The SMILES string of the molecule is CC1(C)C2CC3OB([C@@H](CC(=O)Cc4cccs4)c4cccc(C=O)c4)O[C@@]3(C)C1C2. The Bertz CT molecular complexity index is 987. The third-order valence-corrected chi connectivity index (χ3v) is 9.05. The molecule has 3 aliphatic carbocycles. The zero-order valence-corrected chi connectivity index (χ0v) is 19.2. The van der Waals surface area contributed by atoms with Crippen molar-refractivity contribution in [2.75, 3.05) is 0 Å². The summed E-state index contributed by atoms with van der Waals surface area (Å²) in [6.07, 6.45) is 3.89. The van der Waals surface area contributed by atoms with Gasteiger partial charge in [0.1, 0.15) is 12.1 Å². The molecule has 1 aromatic heterocycles. The van der Waals surface area contributed by atoms with Crippen LogP contribution < -0.4 is 0 Å². The highest BCUT2D eigenvalue weighted by Gasteiger charge is 2.68. The predicted molar refractivity (Wildman–Crippen MR) is 122 cm³/mol. The Kier molecular flexibility index (Phi) is 5.23. The molecule has 0 radical (unpaired) electrons. The van der Waals surface area contributed by atoms with Gasteiger partial charge in [-0.2, -0.15) is 0 Å². The molecule has 2 heterocycles. The van der Waals surface area contributed by atoms with Crippen LogP contribution in [0.2, 0.25) is 0 Å². The Morgan fingerprint density at radius 1 is 1.26 bits per heavy atom. The van der Waals surface area contributed by atoms with Gasteiger partial charge in [-0.15, -0.1) is 11.3 Å². The van der Waals surface area contributed by atoms with E-state index in [-0.39, 0.29) is 28.7 Å². The monoisotopic (exact) mass is 436 g/mol. The van der Waals surface area contributed by atoms with Crippen LogP contribution in [-0.4, -0.2) is 30.9 Å². The van der Waals surface area contributed by atoms with Gasteiger partial charge in [0.05, 0.1) is 11.7 Å². The van der Waals surface area contributed by atoms with Crippen molar-refractivity contribution in [2.45, 2.75) is 64.0 Å². The highest BCUT2D eigenvalue weighted by atomic mass is 32.1. The summed E-state index contributed by atoms with van der Waals surface area (Å²) in [7, 11) is -0.473. The summed E-state index contributed by atoms with van der Waals surface area (Å²) in [6.45, 7) is 6.89. The van der Waals surface area contributed by atoms with Crippen molar-refractivity contribution in [3.05, 3.63) is 57.8 Å². The molecule has 0 amide bonds. The first-order chi connectivity index (χ1) is 14.8. The zero-order chi connectivity index (χ0) is 21.8. The molecular formula is C25H29BO4S. The molecule has 1 saturated heterocycles. The van der Waals surface area contributed by atoms with E-state index in [0.29, 0.717) is 30.2 Å². The molecular weight excluding hydrogens is 407 g/mol. The van der Waals surface area contributed by atoms with Crippen LogP contribution in [0.3, 0.4) is 0 Å². The number of benzene rings is 1. The lowest BCUT2D eigenvalue weighted by molar-refractivity contribution is -0.199. The molecule has 2 aromatic rings. The fraction of sp³-hybridized carbons (Fsp3) is 0.520. The fourth-order valence-electron chi connectivity index (χ4n) is 6.23. The smallest absolute Gasteiger partial charge is 0.405 e. The molecule has 6 rings (SSSR count). The molecule has 162 valence electrons. The third-order valence-electron chi connectivity index (χ3n) is 8.17. The number of hydrogen-bond donors (Lipinski definition) is 0. The second kappa shape index (κ2) is 7.68. The molecule has 4 fully saturated rings. The highest BCUT2D eigenvalue weighted by molar-refractivity contribution is 7.10. The van der Waals surface area contributed by atoms with Crippen molar-refractivity contribution in [1.29, 1.82) is 0 Å². The normalized spacial score (nSPS) is 31.6. The Labute approximate surface area is 188 Å². The average molecular weight is 436 g/mol. The van der Waals surface area contributed by atoms with Gasteiger partial charge in [0.25, 0.3) is 0 Å². The first-order valence-corrected chi connectivity index (χ1v) is 12.1. The summed E-state index contributed by atoms with van der Waals surface area (Å²) < 4.78 is 13.2. The average Bonchev–Trinajstić information content (AvgIpc) is 3.38. The molecule has 1 aromatic carbocycles. The van der Waals surface area contributed by atoms with Crippen LogP contribution in [0.5, 0.6) is 0 Å². The van der Waals surface area contributed by atoms with E-state index in [9.17, 15) is 9.59 Å². The molecule has 2 bridgehead atoms. The minimum absolute atomic E-state index is 0.0680. The first kappa shape index (κ1) is 21.1. The standard InChI is InChI=1S/C25H29BO4S/c1-24(2)18-11-22(24)25(3)23(12-18)29-26(30-25)21(17-7-4-6-16(10-17)15-27)14-19(28)13-20-8-5-9-31-20/h4-10,15,18,21-23H,11-14H2,1-3H3/t18?,21-,22?,23?,25-/m0/s1. The summed E-state index contributed by atoms with van der Waals surface area (Å²) in [5.74, 6) is 1.09. The van der Waals surface area contributed by atoms with Gasteiger partial charge >= 0.3 is 7.12 Å². The van der Waals surface area contributed by atoms with Gasteiger partial charge < -0.3 is 9.31 Å². The molecule has 4 nitrogen and oxygen atoms in total. The van der Waals surface area contributed by atoms with E-state index in [4.69, 9.17) is 9.31 Å². The quantitative estimate of drug-likeness (QED) is 0.447. The van der Waals surface area contributed by atoms with Crippen molar-refractivity contribution in [3.8, 4) is 0 Å². The molecule has 3 saturated carbocycles. The van der Waals surface area contributed by atoms with E-state index >= 15 is 0 Å². The predicted octanol–water partition coefficient (Wildman–Crippen LogP) is 5.11. The second-order valence-electron chi connectivity index (χ2n) is 10.2. The van der Waals surface area contributed by atoms with Crippen LogP contribution in [-0.2, 0) is 20.5 Å².